The van der Waals surface area contributed by atoms with Gasteiger partial charge in [0.15, 0.2) is 0 Å². The van der Waals surface area contributed by atoms with Gasteiger partial charge >= 0.3 is 0 Å². The molecule has 0 atom stereocenters. The van der Waals surface area contributed by atoms with Crippen molar-refractivity contribution in [2.24, 2.45) is 0 Å². The standard InChI is InChI=1S/C13H19IOSi/c1-11(10-14)13(15-16(2,3)4)12-8-6-5-7-9-12/h5-9H,10H2,1-4H3. The van der Waals surface area contributed by atoms with Crippen LogP contribution in [0, 0.1) is 0 Å². The van der Waals surface area contributed by atoms with E-state index in [0.29, 0.717) is 0 Å². The van der Waals surface area contributed by atoms with Crippen LogP contribution in [0.25, 0.3) is 5.76 Å². The molecule has 1 rings (SSSR count). The minimum absolute atomic E-state index is 1.01. The molecule has 16 heavy (non-hydrogen) atoms. The highest BCUT2D eigenvalue weighted by molar-refractivity contribution is 14.1. The second kappa shape index (κ2) is 5.86. The van der Waals surface area contributed by atoms with E-state index in [1.807, 2.05) is 6.07 Å². The molecule has 0 saturated carbocycles. The van der Waals surface area contributed by atoms with Gasteiger partial charge in [0.05, 0.1) is 0 Å². The van der Waals surface area contributed by atoms with Gasteiger partial charge in [-0.3, -0.25) is 0 Å². The third-order valence-corrected chi connectivity index (χ3v) is 3.99. The topological polar surface area (TPSA) is 9.23 Å². The molecule has 0 fully saturated rings. The normalized spacial score (nSPS) is 13.3. The Morgan fingerprint density at radius 2 is 1.75 bits per heavy atom. The molecule has 0 bridgehead atoms. The first kappa shape index (κ1) is 13.8. The van der Waals surface area contributed by atoms with Crippen molar-refractivity contribution in [1.29, 1.82) is 0 Å². The van der Waals surface area contributed by atoms with Crippen molar-refractivity contribution >= 4 is 36.7 Å². The number of rotatable bonds is 4. The molecule has 0 aromatic heterocycles. The van der Waals surface area contributed by atoms with Crippen LogP contribution in [0.3, 0.4) is 0 Å². The maximum Gasteiger partial charge on any atom is 0.242 e. The number of allylic oxidation sites excluding steroid dienone is 1. The smallest absolute Gasteiger partial charge is 0.242 e. The highest BCUT2D eigenvalue weighted by Crippen LogP contribution is 2.25. The van der Waals surface area contributed by atoms with Crippen molar-refractivity contribution in [3.63, 3.8) is 0 Å². The molecule has 3 heteroatoms. The summed E-state index contributed by atoms with van der Waals surface area (Å²) in [6, 6.07) is 10.4. The first-order valence-electron chi connectivity index (χ1n) is 5.44. The van der Waals surface area contributed by atoms with Crippen LogP contribution in [0.5, 0.6) is 0 Å². The lowest BCUT2D eigenvalue weighted by molar-refractivity contribution is 0.510. The molecule has 0 saturated heterocycles. The Balaban J connectivity index is 3.08. The molecular weight excluding hydrogens is 327 g/mol. The van der Waals surface area contributed by atoms with Gasteiger partial charge in [0, 0.05) is 9.99 Å². The van der Waals surface area contributed by atoms with Crippen LogP contribution in [-0.4, -0.2) is 12.7 Å². The average molecular weight is 346 g/mol. The Hall–Kier alpha value is -0.293. The second-order valence-electron chi connectivity index (χ2n) is 4.82. The van der Waals surface area contributed by atoms with Crippen molar-refractivity contribution in [2.75, 3.05) is 4.43 Å². The Labute approximate surface area is 113 Å². The van der Waals surface area contributed by atoms with Crippen LogP contribution < -0.4 is 0 Å². The highest BCUT2D eigenvalue weighted by Gasteiger charge is 2.19. The van der Waals surface area contributed by atoms with E-state index in [1.54, 1.807) is 0 Å². The summed E-state index contributed by atoms with van der Waals surface area (Å²) in [6.45, 7) is 8.80. The molecule has 0 aliphatic carbocycles. The zero-order valence-corrected chi connectivity index (χ0v) is 13.5. The van der Waals surface area contributed by atoms with E-state index in [9.17, 15) is 0 Å². The van der Waals surface area contributed by atoms with Gasteiger partial charge in [-0.25, -0.2) is 0 Å². The van der Waals surface area contributed by atoms with E-state index in [-0.39, 0.29) is 0 Å². The minimum Gasteiger partial charge on any atom is -0.544 e. The van der Waals surface area contributed by atoms with Gasteiger partial charge in [0.25, 0.3) is 0 Å². The van der Waals surface area contributed by atoms with Crippen molar-refractivity contribution in [1.82, 2.24) is 0 Å². The van der Waals surface area contributed by atoms with E-state index >= 15 is 0 Å². The molecule has 0 aliphatic rings. The fraction of sp³-hybridized carbons (Fsp3) is 0.385. The Bertz CT molecular complexity index is 365. The van der Waals surface area contributed by atoms with Crippen molar-refractivity contribution in [3.05, 3.63) is 41.5 Å². The maximum atomic E-state index is 6.19. The van der Waals surface area contributed by atoms with Gasteiger partial charge in [-0.05, 0) is 32.1 Å². The minimum atomic E-state index is -1.54. The lowest BCUT2D eigenvalue weighted by Gasteiger charge is -2.23. The molecule has 0 radical (unpaired) electrons. The van der Waals surface area contributed by atoms with E-state index < -0.39 is 8.32 Å². The number of benzene rings is 1. The average Bonchev–Trinajstić information content (AvgIpc) is 2.25. The number of halogens is 1. The van der Waals surface area contributed by atoms with Gasteiger partial charge in [-0.15, -0.1) is 0 Å². The largest absolute Gasteiger partial charge is 0.544 e. The molecule has 0 unspecified atom stereocenters. The fourth-order valence-electron chi connectivity index (χ4n) is 1.35. The van der Waals surface area contributed by atoms with Crippen LogP contribution in [0.2, 0.25) is 19.6 Å². The predicted octanol–water partition coefficient (Wildman–Crippen LogP) is 4.70. The van der Waals surface area contributed by atoms with Crippen LogP contribution in [-0.2, 0) is 4.43 Å². The zero-order valence-electron chi connectivity index (χ0n) is 10.4. The quantitative estimate of drug-likeness (QED) is 0.332. The molecule has 1 aromatic carbocycles. The van der Waals surface area contributed by atoms with Crippen LogP contribution in [0.4, 0.5) is 0 Å². The highest BCUT2D eigenvalue weighted by atomic mass is 127. The fourth-order valence-corrected chi connectivity index (χ4v) is 2.60. The predicted molar refractivity (Wildman–Crippen MR) is 82.4 cm³/mol. The third kappa shape index (κ3) is 4.29. The third-order valence-electron chi connectivity index (χ3n) is 2.03. The summed E-state index contributed by atoms with van der Waals surface area (Å²) in [6.07, 6.45) is 0. The van der Waals surface area contributed by atoms with Gasteiger partial charge in [0.2, 0.25) is 8.32 Å². The van der Waals surface area contributed by atoms with Crippen LogP contribution in [0.15, 0.2) is 35.9 Å². The van der Waals surface area contributed by atoms with E-state index in [0.717, 1.165) is 10.2 Å². The molecule has 1 nitrogen and oxygen atoms in total. The van der Waals surface area contributed by atoms with Crippen LogP contribution >= 0.6 is 22.6 Å². The van der Waals surface area contributed by atoms with Gasteiger partial charge < -0.3 is 4.43 Å². The Morgan fingerprint density at radius 1 is 1.19 bits per heavy atom. The lowest BCUT2D eigenvalue weighted by atomic mass is 10.1. The van der Waals surface area contributed by atoms with Crippen LogP contribution in [0.1, 0.15) is 12.5 Å². The molecule has 88 valence electrons. The van der Waals surface area contributed by atoms with Crippen molar-refractivity contribution in [2.45, 2.75) is 26.6 Å². The van der Waals surface area contributed by atoms with Gasteiger partial charge in [0.1, 0.15) is 5.76 Å². The number of hydrogen-bond donors (Lipinski definition) is 0. The summed E-state index contributed by atoms with van der Waals surface area (Å²) in [4.78, 5) is 0. The summed E-state index contributed by atoms with van der Waals surface area (Å²) >= 11 is 2.38. The molecular formula is C13H19IOSi. The van der Waals surface area contributed by atoms with E-state index in [4.69, 9.17) is 4.43 Å². The van der Waals surface area contributed by atoms with Crippen molar-refractivity contribution in [3.8, 4) is 0 Å². The van der Waals surface area contributed by atoms with Gasteiger partial charge in [-0.2, -0.15) is 0 Å². The molecule has 1 aromatic rings. The maximum absolute atomic E-state index is 6.19. The van der Waals surface area contributed by atoms with E-state index in [2.05, 4.69) is 73.4 Å². The Kier molecular flexibility index (Phi) is 5.05. The van der Waals surface area contributed by atoms with Crippen molar-refractivity contribution < 1.29 is 4.43 Å². The SMILES string of the molecule is CC(CI)=C(O[Si](C)(C)C)c1ccccc1. The first-order valence-corrected chi connectivity index (χ1v) is 10.4. The number of alkyl halides is 1. The monoisotopic (exact) mass is 346 g/mol. The summed E-state index contributed by atoms with van der Waals surface area (Å²) in [5, 5.41) is 0. The summed E-state index contributed by atoms with van der Waals surface area (Å²) in [5.41, 5.74) is 2.51. The number of hydrogen-bond acceptors (Lipinski definition) is 1. The Morgan fingerprint density at radius 3 is 2.19 bits per heavy atom. The second-order valence-corrected chi connectivity index (χ2v) is 10.0. The summed E-state index contributed by atoms with van der Waals surface area (Å²) in [5.74, 6) is 1.08. The molecule has 0 spiro atoms. The molecule has 0 amide bonds. The molecule has 0 aliphatic heterocycles. The zero-order chi connectivity index (χ0) is 12.2. The van der Waals surface area contributed by atoms with E-state index in [1.165, 1.54) is 11.1 Å². The van der Waals surface area contributed by atoms with Gasteiger partial charge in [-0.1, -0.05) is 52.9 Å². The lowest BCUT2D eigenvalue weighted by Crippen LogP contribution is -2.25. The first-order chi connectivity index (χ1) is 7.44. The molecule has 0 heterocycles. The summed E-state index contributed by atoms with van der Waals surface area (Å²) < 4.78 is 7.20. The molecule has 0 N–H and O–H groups in total. The summed E-state index contributed by atoms with van der Waals surface area (Å²) in [7, 11) is -1.54.